The Bertz CT molecular complexity index is 791. The van der Waals surface area contributed by atoms with Crippen LogP contribution in [0.15, 0.2) is 46.0 Å². The zero-order chi connectivity index (χ0) is 18.4. The Morgan fingerprint density at radius 2 is 2.00 bits per heavy atom. The average Bonchev–Trinajstić information content (AvgIpc) is 2.57. The van der Waals surface area contributed by atoms with E-state index in [1.807, 2.05) is 13.8 Å². The fraction of sp³-hybridized carbons (Fsp3) is 0.222. The van der Waals surface area contributed by atoms with Crippen molar-refractivity contribution in [3.63, 3.8) is 0 Å². The van der Waals surface area contributed by atoms with E-state index in [0.29, 0.717) is 27.1 Å². The lowest BCUT2D eigenvalue weighted by Gasteiger charge is -2.12. The van der Waals surface area contributed by atoms with Crippen LogP contribution >= 0.6 is 15.9 Å². The fourth-order valence-electron chi connectivity index (χ4n) is 2.06. The van der Waals surface area contributed by atoms with Gasteiger partial charge in [0.25, 0.3) is 5.91 Å². The number of hydrazone groups is 1. The third-order valence-electron chi connectivity index (χ3n) is 3.14. The number of hydrogen-bond acceptors (Lipinski definition) is 5. The van der Waals surface area contributed by atoms with Gasteiger partial charge in [-0.1, -0.05) is 12.1 Å². The summed E-state index contributed by atoms with van der Waals surface area (Å²) < 4.78 is 11.2. The van der Waals surface area contributed by atoms with Crippen molar-refractivity contribution in [3.8, 4) is 17.2 Å². The van der Waals surface area contributed by atoms with Gasteiger partial charge < -0.3 is 14.6 Å². The van der Waals surface area contributed by atoms with E-state index < -0.39 is 0 Å². The number of phenolic OH excluding ortho intramolecular Hbond substituents is 1. The van der Waals surface area contributed by atoms with Crippen LogP contribution < -0.4 is 14.9 Å². The van der Waals surface area contributed by atoms with Gasteiger partial charge in [-0.25, -0.2) is 5.43 Å². The molecule has 0 heterocycles. The number of carbonyl (C=O) groups excluding carboxylic acids is 1. The van der Waals surface area contributed by atoms with Gasteiger partial charge in [0.05, 0.1) is 29.5 Å². The summed E-state index contributed by atoms with van der Waals surface area (Å²) >= 11 is 3.23. The van der Waals surface area contributed by atoms with E-state index in [-0.39, 0.29) is 17.8 Å². The number of amides is 1. The Morgan fingerprint density at radius 1 is 1.28 bits per heavy atom. The number of ether oxygens (including phenoxy) is 2. The van der Waals surface area contributed by atoms with E-state index in [2.05, 4.69) is 26.5 Å². The van der Waals surface area contributed by atoms with E-state index in [1.165, 1.54) is 13.3 Å². The number of phenols is 1. The maximum atomic E-state index is 12.3. The first-order valence-electron chi connectivity index (χ1n) is 7.58. The number of rotatable bonds is 6. The molecule has 0 aliphatic heterocycles. The summed E-state index contributed by atoms with van der Waals surface area (Å²) in [6.07, 6.45) is 1.41. The van der Waals surface area contributed by atoms with Crippen LogP contribution in [0.4, 0.5) is 0 Å². The van der Waals surface area contributed by atoms with E-state index in [4.69, 9.17) is 9.47 Å². The van der Waals surface area contributed by atoms with Crippen molar-refractivity contribution in [3.05, 3.63) is 52.0 Å². The molecule has 2 aromatic carbocycles. The van der Waals surface area contributed by atoms with Gasteiger partial charge in [0, 0.05) is 0 Å². The van der Waals surface area contributed by atoms with Crippen LogP contribution in [-0.2, 0) is 0 Å². The lowest BCUT2D eigenvalue weighted by molar-refractivity contribution is 0.0949. The minimum absolute atomic E-state index is 0.00319. The summed E-state index contributed by atoms with van der Waals surface area (Å²) in [4.78, 5) is 12.3. The smallest absolute Gasteiger partial charge is 0.275 e. The number of halogens is 1. The number of aromatic hydroxyl groups is 1. The highest BCUT2D eigenvalue weighted by Gasteiger charge is 2.12. The Morgan fingerprint density at radius 3 is 2.68 bits per heavy atom. The Balaban J connectivity index is 2.13. The van der Waals surface area contributed by atoms with Crippen LogP contribution in [0, 0.1) is 0 Å². The fourth-order valence-corrected chi connectivity index (χ4v) is 2.52. The molecule has 0 fully saturated rings. The van der Waals surface area contributed by atoms with Gasteiger partial charge in [0.1, 0.15) is 5.75 Å². The lowest BCUT2D eigenvalue weighted by Crippen LogP contribution is -2.19. The molecule has 0 atom stereocenters. The Labute approximate surface area is 154 Å². The van der Waals surface area contributed by atoms with Crippen molar-refractivity contribution in [2.75, 3.05) is 7.11 Å². The average molecular weight is 407 g/mol. The van der Waals surface area contributed by atoms with Crippen LogP contribution in [0.25, 0.3) is 0 Å². The van der Waals surface area contributed by atoms with Crippen molar-refractivity contribution in [1.82, 2.24) is 5.43 Å². The Hall–Kier alpha value is -2.54. The van der Waals surface area contributed by atoms with Gasteiger partial charge in [0.2, 0.25) is 0 Å². The second-order valence-electron chi connectivity index (χ2n) is 5.42. The van der Waals surface area contributed by atoms with Gasteiger partial charge in [-0.2, -0.15) is 5.10 Å². The minimum Gasteiger partial charge on any atom is -0.503 e. The molecule has 0 saturated carbocycles. The van der Waals surface area contributed by atoms with E-state index in [1.54, 1.807) is 36.4 Å². The summed E-state index contributed by atoms with van der Waals surface area (Å²) in [6.45, 7) is 3.78. The lowest BCUT2D eigenvalue weighted by atomic mass is 10.2. The summed E-state index contributed by atoms with van der Waals surface area (Å²) in [6, 6.07) is 10.2. The zero-order valence-corrected chi connectivity index (χ0v) is 15.7. The van der Waals surface area contributed by atoms with Gasteiger partial charge in [-0.05, 0) is 59.6 Å². The minimum atomic E-state index is -0.377. The number of nitrogens with zero attached hydrogens (tertiary/aromatic N) is 1. The first kappa shape index (κ1) is 18.8. The van der Waals surface area contributed by atoms with Crippen molar-refractivity contribution in [1.29, 1.82) is 0 Å². The predicted molar refractivity (Wildman–Crippen MR) is 99.6 cm³/mol. The first-order valence-corrected chi connectivity index (χ1v) is 8.37. The van der Waals surface area contributed by atoms with Gasteiger partial charge in [-0.15, -0.1) is 0 Å². The predicted octanol–water partition coefficient (Wildman–Crippen LogP) is 3.71. The summed E-state index contributed by atoms with van der Waals surface area (Å²) in [5.74, 6) is 0.429. The van der Waals surface area contributed by atoms with E-state index in [9.17, 15) is 9.90 Å². The third kappa shape index (κ3) is 4.96. The van der Waals surface area contributed by atoms with Crippen molar-refractivity contribution < 1.29 is 19.4 Å². The standard InChI is InChI=1S/C18H19BrN2O4/c1-11(2)25-15-7-5-4-6-13(15)18(23)21-20-10-12-8-14(19)17(22)16(9-12)24-3/h4-11,22H,1-3H3,(H,21,23)/b20-10+. The molecule has 0 spiro atoms. The van der Waals surface area contributed by atoms with Gasteiger partial charge in [0.15, 0.2) is 11.5 Å². The highest BCUT2D eigenvalue weighted by molar-refractivity contribution is 9.10. The summed E-state index contributed by atoms with van der Waals surface area (Å²) in [5.41, 5.74) is 3.51. The van der Waals surface area contributed by atoms with Crippen molar-refractivity contribution in [2.45, 2.75) is 20.0 Å². The second-order valence-corrected chi connectivity index (χ2v) is 6.27. The third-order valence-corrected chi connectivity index (χ3v) is 3.75. The zero-order valence-electron chi connectivity index (χ0n) is 14.1. The summed E-state index contributed by atoms with van der Waals surface area (Å²) in [7, 11) is 1.45. The Kier molecular flexibility index (Phi) is 6.41. The van der Waals surface area contributed by atoms with E-state index >= 15 is 0 Å². The maximum absolute atomic E-state index is 12.3. The molecule has 25 heavy (non-hydrogen) atoms. The highest BCUT2D eigenvalue weighted by atomic mass is 79.9. The highest BCUT2D eigenvalue weighted by Crippen LogP contribution is 2.34. The molecule has 2 rings (SSSR count). The number of methoxy groups -OCH3 is 1. The first-order chi connectivity index (χ1) is 11.9. The van der Waals surface area contributed by atoms with Crippen LogP contribution in [-0.4, -0.2) is 30.4 Å². The topological polar surface area (TPSA) is 80.2 Å². The van der Waals surface area contributed by atoms with Crippen LogP contribution in [0.2, 0.25) is 0 Å². The van der Waals surface area contributed by atoms with E-state index in [0.717, 1.165) is 0 Å². The maximum Gasteiger partial charge on any atom is 0.275 e. The molecule has 6 nitrogen and oxygen atoms in total. The molecule has 132 valence electrons. The number of para-hydroxylation sites is 1. The molecule has 7 heteroatoms. The van der Waals surface area contributed by atoms with Crippen LogP contribution in [0.3, 0.4) is 0 Å². The molecular formula is C18H19BrN2O4. The van der Waals surface area contributed by atoms with Gasteiger partial charge >= 0.3 is 0 Å². The molecule has 0 aliphatic rings. The molecule has 0 unspecified atom stereocenters. The molecule has 2 aromatic rings. The number of hydrogen-bond donors (Lipinski definition) is 2. The summed E-state index contributed by atoms with van der Waals surface area (Å²) in [5, 5.41) is 13.7. The molecule has 0 saturated heterocycles. The number of carbonyl (C=O) groups is 1. The van der Waals surface area contributed by atoms with Crippen LogP contribution in [0.5, 0.6) is 17.2 Å². The number of nitrogens with one attached hydrogen (secondary N) is 1. The molecular weight excluding hydrogens is 388 g/mol. The molecule has 1 amide bonds. The molecule has 0 aromatic heterocycles. The van der Waals surface area contributed by atoms with Crippen LogP contribution in [0.1, 0.15) is 29.8 Å². The second kappa shape index (κ2) is 8.53. The molecule has 0 bridgehead atoms. The largest absolute Gasteiger partial charge is 0.503 e. The molecule has 0 aliphatic carbocycles. The molecule has 0 radical (unpaired) electrons. The SMILES string of the molecule is COc1cc(/C=N/NC(=O)c2ccccc2OC(C)C)cc(Br)c1O. The normalized spacial score (nSPS) is 10.9. The number of benzene rings is 2. The van der Waals surface area contributed by atoms with Crippen molar-refractivity contribution in [2.24, 2.45) is 5.10 Å². The van der Waals surface area contributed by atoms with Crippen molar-refractivity contribution >= 4 is 28.1 Å². The monoisotopic (exact) mass is 406 g/mol. The van der Waals surface area contributed by atoms with Gasteiger partial charge in [-0.3, -0.25) is 4.79 Å². The quantitative estimate of drug-likeness (QED) is 0.565. The molecule has 2 N–H and O–H groups in total.